The van der Waals surface area contributed by atoms with Crippen molar-refractivity contribution in [2.24, 2.45) is 0 Å². The molecule has 0 aliphatic carbocycles. The maximum Gasteiger partial charge on any atom is 0.309 e. The van der Waals surface area contributed by atoms with Crippen LogP contribution < -0.4 is 0 Å². The maximum atomic E-state index is 11.7. The molecular formula is C21H40O2. The highest BCUT2D eigenvalue weighted by atomic mass is 16.5. The molecular weight excluding hydrogens is 284 g/mol. The molecule has 0 heterocycles. The molecule has 0 atom stereocenters. The molecule has 0 saturated carbocycles. The minimum atomic E-state index is -0.0600. The fourth-order valence-corrected chi connectivity index (χ4v) is 2.85. The van der Waals surface area contributed by atoms with Crippen LogP contribution in [0.5, 0.6) is 0 Å². The van der Waals surface area contributed by atoms with Crippen molar-refractivity contribution in [2.75, 3.05) is 6.61 Å². The fourth-order valence-electron chi connectivity index (χ4n) is 2.85. The quantitative estimate of drug-likeness (QED) is 0.174. The number of esters is 1. The lowest BCUT2D eigenvalue weighted by atomic mass is 10.0. The molecule has 0 aliphatic heterocycles. The summed E-state index contributed by atoms with van der Waals surface area (Å²) in [6.07, 6.45) is 19.4. The molecule has 0 spiro atoms. The molecule has 0 aromatic carbocycles. The van der Waals surface area contributed by atoms with E-state index in [0.29, 0.717) is 13.0 Å². The molecule has 0 unspecified atom stereocenters. The second-order valence-corrected chi connectivity index (χ2v) is 6.56. The van der Waals surface area contributed by atoms with Gasteiger partial charge in [0.05, 0.1) is 13.0 Å². The monoisotopic (exact) mass is 324 g/mol. The number of hydrogen-bond donors (Lipinski definition) is 0. The van der Waals surface area contributed by atoms with E-state index in [-0.39, 0.29) is 5.97 Å². The number of unbranched alkanes of at least 4 members (excludes halogenated alkanes) is 10. The van der Waals surface area contributed by atoms with Crippen molar-refractivity contribution >= 4 is 5.97 Å². The van der Waals surface area contributed by atoms with Crippen molar-refractivity contribution in [1.82, 2.24) is 0 Å². The molecule has 0 fully saturated rings. The average Bonchev–Trinajstić information content (AvgIpc) is 2.53. The Morgan fingerprint density at radius 1 is 0.783 bits per heavy atom. The first-order chi connectivity index (χ1) is 11.2. The van der Waals surface area contributed by atoms with Crippen molar-refractivity contribution < 1.29 is 9.53 Å². The molecule has 0 amide bonds. The Hall–Kier alpha value is -0.790. The van der Waals surface area contributed by atoms with Crippen molar-refractivity contribution in [3.63, 3.8) is 0 Å². The average molecular weight is 325 g/mol. The van der Waals surface area contributed by atoms with Gasteiger partial charge in [-0.15, -0.1) is 0 Å². The van der Waals surface area contributed by atoms with Crippen LogP contribution in [0.3, 0.4) is 0 Å². The van der Waals surface area contributed by atoms with Gasteiger partial charge in [0.2, 0.25) is 0 Å². The number of carbonyl (C=O) groups is 1. The molecule has 23 heavy (non-hydrogen) atoms. The van der Waals surface area contributed by atoms with Gasteiger partial charge >= 0.3 is 5.97 Å². The van der Waals surface area contributed by atoms with Gasteiger partial charge in [-0.05, 0) is 32.6 Å². The van der Waals surface area contributed by atoms with Crippen molar-refractivity contribution in [3.8, 4) is 0 Å². The highest BCUT2D eigenvalue weighted by Gasteiger charge is 2.06. The van der Waals surface area contributed by atoms with Crippen molar-refractivity contribution in [3.05, 3.63) is 11.6 Å². The summed E-state index contributed by atoms with van der Waals surface area (Å²) in [6.45, 7) is 6.86. The van der Waals surface area contributed by atoms with Crippen LogP contribution in [0, 0.1) is 0 Å². The van der Waals surface area contributed by atoms with Crippen LogP contribution in [-0.4, -0.2) is 12.6 Å². The molecule has 0 bridgehead atoms. The van der Waals surface area contributed by atoms with E-state index in [1.165, 1.54) is 76.2 Å². The van der Waals surface area contributed by atoms with Gasteiger partial charge in [0.25, 0.3) is 0 Å². The van der Waals surface area contributed by atoms with Gasteiger partial charge in [0.1, 0.15) is 0 Å². The third-order valence-corrected chi connectivity index (χ3v) is 4.27. The third kappa shape index (κ3) is 15.9. The van der Waals surface area contributed by atoms with E-state index in [1.807, 2.05) is 6.92 Å². The molecule has 0 aromatic rings. The molecule has 2 heteroatoms. The standard InChI is InChI=1S/C21H40O2/c1-4-7-9-11-12-14-16-18-20(19-21(22)23-6-3)17-15-13-10-8-5-2/h18H,4-17,19H2,1-3H3/b20-18+. The van der Waals surface area contributed by atoms with Gasteiger partial charge in [0, 0.05) is 0 Å². The van der Waals surface area contributed by atoms with Gasteiger partial charge in [-0.1, -0.05) is 83.3 Å². The number of allylic oxidation sites excluding steroid dienone is 1. The lowest BCUT2D eigenvalue weighted by Gasteiger charge is -2.08. The van der Waals surface area contributed by atoms with E-state index >= 15 is 0 Å². The summed E-state index contributed by atoms with van der Waals surface area (Å²) < 4.78 is 5.11. The molecule has 136 valence electrons. The maximum absolute atomic E-state index is 11.7. The van der Waals surface area contributed by atoms with Crippen molar-refractivity contribution in [1.29, 1.82) is 0 Å². The van der Waals surface area contributed by atoms with Gasteiger partial charge in [-0.2, -0.15) is 0 Å². The molecule has 0 aliphatic rings. The number of hydrogen-bond acceptors (Lipinski definition) is 2. The Labute approximate surface area is 145 Å². The lowest BCUT2D eigenvalue weighted by Crippen LogP contribution is -2.05. The molecule has 0 N–H and O–H groups in total. The van der Waals surface area contributed by atoms with Crippen LogP contribution in [0.2, 0.25) is 0 Å². The second-order valence-electron chi connectivity index (χ2n) is 6.56. The molecule has 0 saturated heterocycles. The summed E-state index contributed by atoms with van der Waals surface area (Å²) in [5.74, 6) is -0.0600. The Kier molecular flexibility index (Phi) is 17.0. The number of carbonyl (C=O) groups excluding carboxylic acids is 1. The van der Waals surface area contributed by atoms with Crippen LogP contribution in [0.1, 0.15) is 111 Å². The topological polar surface area (TPSA) is 26.3 Å². The summed E-state index contributed by atoms with van der Waals surface area (Å²) in [4.78, 5) is 11.7. The normalized spacial score (nSPS) is 11.7. The lowest BCUT2D eigenvalue weighted by molar-refractivity contribution is -0.142. The summed E-state index contributed by atoms with van der Waals surface area (Å²) in [5.41, 5.74) is 1.30. The van der Waals surface area contributed by atoms with E-state index in [0.717, 1.165) is 12.8 Å². The van der Waals surface area contributed by atoms with E-state index < -0.39 is 0 Å². The predicted molar refractivity (Wildman–Crippen MR) is 101 cm³/mol. The zero-order valence-electron chi connectivity index (χ0n) is 16.0. The zero-order valence-corrected chi connectivity index (χ0v) is 16.0. The number of rotatable bonds is 16. The Bertz CT molecular complexity index is 294. The van der Waals surface area contributed by atoms with Crippen LogP contribution in [0.4, 0.5) is 0 Å². The molecule has 0 rings (SSSR count). The number of ether oxygens (including phenoxy) is 1. The largest absolute Gasteiger partial charge is 0.466 e. The van der Waals surface area contributed by atoms with Gasteiger partial charge in [-0.3, -0.25) is 4.79 Å². The summed E-state index contributed by atoms with van der Waals surface area (Å²) in [7, 11) is 0. The third-order valence-electron chi connectivity index (χ3n) is 4.27. The second kappa shape index (κ2) is 17.6. The van der Waals surface area contributed by atoms with Crippen molar-refractivity contribution in [2.45, 2.75) is 111 Å². The van der Waals surface area contributed by atoms with Gasteiger partial charge in [-0.25, -0.2) is 0 Å². The Morgan fingerprint density at radius 3 is 1.96 bits per heavy atom. The molecule has 0 radical (unpaired) electrons. The van der Waals surface area contributed by atoms with Gasteiger partial charge < -0.3 is 4.74 Å². The highest BCUT2D eigenvalue weighted by molar-refractivity contribution is 5.72. The Balaban J connectivity index is 4.03. The van der Waals surface area contributed by atoms with E-state index in [2.05, 4.69) is 19.9 Å². The first kappa shape index (κ1) is 22.2. The first-order valence-corrected chi connectivity index (χ1v) is 10.1. The fraction of sp³-hybridized carbons (Fsp3) is 0.857. The molecule has 0 aromatic heterocycles. The van der Waals surface area contributed by atoms with Crippen LogP contribution in [0.15, 0.2) is 11.6 Å². The molecule has 2 nitrogen and oxygen atoms in total. The first-order valence-electron chi connectivity index (χ1n) is 10.1. The summed E-state index contributed by atoms with van der Waals surface area (Å²) >= 11 is 0. The smallest absolute Gasteiger partial charge is 0.309 e. The predicted octanol–water partition coefficient (Wildman–Crippen LogP) is 6.98. The van der Waals surface area contributed by atoms with Gasteiger partial charge in [0.15, 0.2) is 0 Å². The highest BCUT2D eigenvalue weighted by Crippen LogP contribution is 2.17. The zero-order chi connectivity index (χ0) is 17.2. The van der Waals surface area contributed by atoms with Crippen LogP contribution >= 0.6 is 0 Å². The SMILES string of the molecule is CCCCCCCC/C=C(\CCCCCCC)CC(=O)OCC. The van der Waals surface area contributed by atoms with E-state index in [9.17, 15) is 4.79 Å². The summed E-state index contributed by atoms with van der Waals surface area (Å²) in [6, 6.07) is 0. The van der Waals surface area contributed by atoms with E-state index in [4.69, 9.17) is 4.74 Å². The van der Waals surface area contributed by atoms with Crippen LogP contribution in [-0.2, 0) is 9.53 Å². The Morgan fingerprint density at radius 2 is 1.35 bits per heavy atom. The van der Waals surface area contributed by atoms with Crippen LogP contribution in [0.25, 0.3) is 0 Å². The minimum Gasteiger partial charge on any atom is -0.466 e. The van der Waals surface area contributed by atoms with E-state index in [1.54, 1.807) is 0 Å². The minimum absolute atomic E-state index is 0.0600. The summed E-state index contributed by atoms with van der Waals surface area (Å²) in [5, 5.41) is 0.